The van der Waals surface area contributed by atoms with Gasteiger partial charge in [0.2, 0.25) is 0 Å². The lowest BCUT2D eigenvalue weighted by molar-refractivity contribution is -0.0512. The molecule has 0 amide bonds. The van der Waals surface area contributed by atoms with Crippen molar-refractivity contribution in [1.82, 2.24) is 5.32 Å². The molecule has 2 rings (SSSR count). The SMILES string of the molecule is OCC(F)(F)CNC1CC(c2ccccc2Br)C1. The Balaban J connectivity index is 1.79. The molecule has 0 heterocycles. The van der Waals surface area contributed by atoms with Crippen LogP contribution in [-0.4, -0.2) is 30.2 Å². The van der Waals surface area contributed by atoms with E-state index >= 15 is 0 Å². The molecule has 1 aromatic carbocycles. The average Bonchev–Trinajstić information content (AvgIpc) is 2.29. The number of hydrogen-bond donors (Lipinski definition) is 2. The van der Waals surface area contributed by atoms with Gasteiger partial charge in [-0.1, -0.05) is 34.1 Å². The van der Waals surface area contributed by atoms with E-state index < -0.39 is 19.1 Å². The van der Waals surface area contributed by atoms with Crippen LogP contribution >= 0.6 is 15.9 Å². The van der Waals surface area contributed by atoms with E-state index in [0.717, 1.165) is 17.3 Å². The number of alkyl halides is 2. The zero-order chi connectivity index (χ0) is 13.2. The molecule has 1 aliphatic rings. The first kappa shape index (κ1) is 13.9. The number of nitrogens with one attached hydrogen (secondary N) is 1. The molecule has 2 N–H and O–H groups in total. The molecule has 0 saturated heterocycles. The Morgan fingerprint density at radius 3 is 2.61 bits per heavy atom. The Morgan fingerprint density at radius 2 is 2.00 bits per heavy atom. The maximum Gasteiger partial charge on any atom is 0.282 e. The number of hydrogen-bond acceptors (Lipinski definition) is 2. The fourth-order valence-corrected chi connectivity index (χ4v) is 2.80. The molecule has 0 atom stereocenters. The Morgan fingerprint density at radius 1 is 1.33 bits per heavy atom. The van der Waals surface area contributed by atoms with E-state index in [-0.39, 0.29) is 6.04 Å². The van der Waals surface area contributed by atoms with Gasteiger partial charge in [0.05, 0.1) is 6.54 Å². The summed E-state index contributed by atoms with van der Waals surface area (Å²) in [6, 6.07) is 8.13. The number of benzene rings is 1. The maximum absolute atomic E-state index is 12.8. The van der Waals surface area contributed by atoms with Gasteiger partial charge in [0, 0.05) is 10.5 Å². The van der Waals surface area contributed by atoms with Crippen LogP contribution in [0.5, 0.6) is 0 Å². The first-order valence-corrected chi connectivity index (χ1v) is 6.77. The molecule has 0 unspecified atom stereocenters. The second kappa shape index (κ2) is 5.63. The lowest BCUT2D eigenvalue weighted by atomic mass is 9.76. The fourth-order valence-electron chi connectivity index (χ4n) is 2.19. The van der Waals surface area contributed by atoms with Gasteiger partial charge in [-0.2, -0.15) is 0 Å². The molecule has 0 radical (unpaired) electrons. The van der Waals surface area contributed by atoms with Crippen molar-refractivity contribution in [2.45, 2.75) is 30.7 Å². The highest BCUT2D eigenvalue weighted by atomic mass is 79.9. The van der Waals surface area contributed by atoms with Crippen molar-refractivity contribution >= 4 is 15.9 Å². The predicted octanol–water partition coefficient (Wildman–Crippen LogP) is 2.91. The zero-order valence-electron chi connectivity index (χ0n) is 9.87. The van der Waals surface area contributed by atoms with Gasteiger partial charge in [0.25, 0.3) is 5.92 Å². The molecular formula is C13H16BrF2NO. The van der Waals surface area contributed by atoms with Crippen molar-refractivity contribution in [2.24, 2.45) is 0 Å². The zero-order valence-corrected chi connectivity index (χ0v) is 11.5. The molecule has 1 aliphatic carbocycles. The highest BCUT2D eigenvalue weighted by molar-refractivity contribution is 9.10. The molecule has 5 heteroatoms. The van der Waals surface area contributed by atoms with E-state index in [2.05, 4.69) is 27.3 Å². The van der Waals surface area contributed by atoms with E-state index in [9.17, 15) is 8.78 Å². The van der Waals surface area contributed by atoms with E-state index in [0.29, 0.717) is 5.92 Å². The molecule has 0 bridgehead atoms. The topological polar surface area (TPSA) is 32.3 Å². The van der Waals surface area contributed by atoms with Gasteiger partial charge in [-0.25, -0.2) is 8.78 Å². The summed E-state index contributed by atoms with van der Waals surface area (Å²) in [7, 11) is 0. The summed E-state index contributed by atoms with van der Waals surface area (Å²) in [6.07, 6.45) is 1.73. The summed E-state index contributed by atoms with van der Waals surface area (Å²) in [6.45, 7) is -1.54. The molecular weight excluding hydrogens is 304 g/mol. The predicted molar refractivity (Wildman–Crippen MR) is 69.9 cm³/mol. The molecule has 0 aromatic heterocycles. The van der Waals surface area contributed by atoms with E-state index in [1.165, 1.54) is 5.56 Å². The summed E-state index contributed by atoms with van der Waals surface area (Å²) in [4.78, 5) is 0. The van der Waals surface area contributed by atoms with Crippen molar-refractivity contribution in [3.05, 3.63) is 34.3 Å². The van der Waals surface area contributed by atoms with Gasteiger partial charge >= 0.3 is 0 Å². The van der Waals surface area contributed by atoms with Crippen molar-refractivity contribution in [3.8, 4) is 0 Å². The number of halogens is 3. The van der Waals surface area contributed by atoms with Crippen LogP contribution in [0, 0.1) is 0 Å². The molecule has 1 fully saturated rings. The average molecular weight is 320 g/mol. The maximum atomic E-state index is 12.8. The molecule has 0 spiro atoms. The number of aliphatic hydroxyl groups excluding tert-OH is 1. The summed E-state index contributed by atoms with van der Waals surface area (Å²) < 4.78 is 26.8. The molecule has 2 nitrogen and oxygen atoms in total. The van der Waals surface area contributed by atoms with Crippen molar-refractivity contribution in [1.29, 1.82) is 0 Å². The molecule has 100 valence electrons. The van der Waals surface area contributed by atoms with E-state index in [1.807, 2.05) is 18.2 Å². The van der Waals surface area contributed by atoms with Crippen LogP contribution in [0.1, 0.15) is 24.3 Å². The van der Waals surface area contributed by atoms with E-state index in [1.54, 1.807) is 0 Å². The molecule has 18 heavy (non-hydrogen) atoms. The van der Waals surface area contributed by atoms with E-state index in [4.69, 9.17) is 5.11 Å². The van der Waals surface area contributed by atoms with Crippen LogP contribution in [0.3, 0.4) is 0 Å². The molecule has 0 aliphatic heterocycles. The second-order valence-electron chi connectivity index (χ2n) is 4.78. The lowest BCUT2D eigenvalue weighted by Gasteiger charge is -2.37. The summed E-state index contributed by atoms with van der Waals surface area (Å²) >= 11 is 3.50. The first-order chi connectivity index (χ1) is 8.52. The van der Waals surface area contributed by atoms with Crippen molar-refractivity contribution in [2.75, 3.05) is 13.2 Å². The normalized spacial score (nSPS) is 23.8. The van der Waals surface area contributed by atoms with Crippen molar-refractivity contribution < 1.29 is 13.9 Å². The van der Waals surface area contributed by atoms with Gasteiger partial charge in [0.15, 0.2) is 0 Å². The highest BCUT2D eigenvalue weighted by Gasteiger charge is 2.34. The van der Waals surface area contributed by atoms with Crippen LogP contribution in [0.15, 0.2) is 28.7 Å². The molecule has 1 aromatic rings. The van der Waals surface area contributed by atoms with Crippen LogP contribution in [0.25, 0.3) is 0 Å². The summed E-state index contributed by atoms with van der Waals surface area (Å²) in [5.74, 6) is -2.58. The standard InChI is InChI=1S/C13H16BrF2NO/c14-12-4-2-1-3-11(12)9-5-10(6-9)17-7-13(15,16)8-18/h1-4,9-10,17-18H,5-8H2. The minimum Gasteiger partial charge on any atom is -0.390 e. The third kappa shape index (κ3) is 3.28. The van der Waals surface area contributed by atoms with Gasteiger partial charge in [0.1, 0.15) is 6.61 Å². The minimum atomic E-state index is -3.02. The Labute approximate surface area is 114 Å². The fraction of sp³-hybridized carbons (Fsp3) is 0.538. The third-order valence-corrected chi connectivity index (χ3v) is 4.09. The first-order valence-electron chi connectivity index (χ1n) is 5.98. The summed E-state index contributed by atoms with van der Waals surface area (Å²) in [5.41, 5.74) is 1.24. The lowest BCUT2D eigenvalue weighted by Crippen LogP contribution is -2.46. The largest absolute Gasteiger partial charge is 0.390 e. The van der Waals surface area contributed by atoms with Crippen LogP contribution in [-0.2, 0) is 0 Å². The second-order valence-corrected chi connectivity index (χ2v) is 5.64. The quantitative estimate of drug-likeness (QED) is 0.874. The smallest absolute Gasteiger partial charge is 0.282 e. The summed E-state index contributed by atoms with van der Waals surface area (Å²) in [5, 5.41) is 11.3. The Kier molecular flexibility index (Phi) is 4.35. The van der Waals surface area contributed by atoms with Crippen LogP contribution in [0.4, 0.5) is 8.78 Å². The monoisotopic (exact) mass is 319 g/mol. The third-order valence-electron chi connectivity index (χ3n) is 3.36. The Bertz CT molecular complexity index is 408. The highest BCUT2D eigenvalue weighted by Crippen LogP contribution is 2.40. The Hall–Kier alpha value is -0.520. The molecule has 1 saturated carbocycles. The van der Waals surface area contributed by atoms with Gasteiger partial charge in [-0.15, -0.1) is 0 Å². The number of rotatable bonds is 5. The van der Waals surface area contributed by atoms with Gasteiger partial charge < -0.3 is 10.4 Å². The van der Waals surface area contributed by atoms with Gasteiger partial charge in [-0.05, 0) is 30.4 Å². The van der Waals surface area contributed by atoms with Crippen LogP contribution < -0.4 is 5.32 Å². The number of aliphatic hydroxyl groups is 1. The van der Waals surface area contributed by atoms with Crippen LogP contribution in [0.2, 0.25) is 0 Å². The van der Waals surface area contributed by atoms with Gasteiger partial charge in [-0.3, -0.25) is 0 Å². The van der Waals surface area contributed by atoms with Crippen molar-refractivity contribution in [3.63, 3.8) is 0 Å². The minimum absolute atomic E-state index is 0.125.